The van der Waals surface area contributed by atoms with Gasteiger partial charge in [0.1, 0.15) is 0 Å². The minimum absolute atomic E-state index is 0.495. The fraction of sp³-hybridized carbons (Fsp3) is 0.500. The van der Waals surface area contributed by atoms with Crippen LogP contribution in [0, 0.1) is 0 Å². The van der Waals surface area contributed by atoms with E-state index in [4.69, 9.17) is 0 Å². The molecule has 0 aliphatic rings. The minimum Gasteiger partial charge on any atom is -0.305 e. The molecule has 0 atom stereocenters. The molecule has 0 N–H and O–H groups in total. The molecule has 0 fully saturated rings. The maximum atomic E-state index is 9.79. The molecule has 8 heavy (non-hydrogen) atoms. The first-order valence-electron chi connectivity index (χ1n) is 2.37. The van der Waals surface area contributed by atoms with Crippen LogP contribution in [0.2, 0.25) is 0 Å². The quantitative estimate of drug-likeness (QED) is 0.486. The molecule has 0 rings (SSSR count). The van der Waals surface area contributed by atoms with Gasteiger partial charge in [0.15, 0.2) is 0 Å². The Labute approximate surface area is 49.8 Å². The summed E-state index contributed by atoms with van der Waals surface area (Å²) in [6.45, 7) is 4.05. The van der Waals surface area contributed by atoms with Crippen LogP contribution >= 0.6 is 0 Å². The molecule has 0 aliphatic heterocycles. The van der Waals surface area contributed by atoms with Crippen LogP contribution in [0.5, 0.6) is 0 Å². The second kappa shape index (κ2) is 3.38. The Hall–Kier alpha value is -0.630. The van der Waals surface area contributed by atoms with Crippen LogP contribution in [0.4, 0.5) is 0 Å². The number of nitrogens with zero attached hydrogens (tertiary/aromatic N) is 1. The summed E-state index contributed by atoms with van der Waals surface area (Å²) in [5, 5.41) is 0. The summed E-state index contributed by atoms with van der Waals surface area (Å²) in [6, 6.07) is 0. The third-order valence-electron chi connectivity index (χ3n) is 0.651. The zero-order valence-electron chi connectivity index (χ0n) is 5.27. The molecule has 2 nitrogen and oxygen atoms in total. The van der Waals surface area contributed by atoms with Crippen LogP contribution in [0.1, 0.15) is 0 Å². The van der Waals surface area contributed by atoms with Crippen molar-refractivity contribution in [3.05, 3.63) is 12.2 Å². The summed E-state index contributed by atoms with van der Waals surface area (Å²) in [7, 11) is 3.76. The van der Waals surface area contributed by atoms with E-state index in [9.17, 15) is 4.79 Å². The van der Waals surface area contributed by atoms with Gasteiger partial charge in [-0.25, -0.2) is 0 Å². The highest BCUT2D eigenvalue weighted by atomic mass is 16.1. The molecular formula is C6H10NO. The van der Waals surface area contributed by atoms with Crippen molar-refractivity contribution in [1.29, 1.82) is 0 Å². The molecule has 0 heterocycles. The third-order valence-corrected chi connectivity index (χ3v) is 0.651. The van der Waals surface area contributed by atoms with Crippen LogP contribution < -0.4 is 0 Å². The highest BCUT2D eigenvalue weighted by Gasteiger charge is 1.92. The molecule has 0 aromatic carbocycles. The molecule has 0 amide bonds. The van der Waals surface area contributed by atoms with Crippen molar-refractivity contribution in [3.63, 3.8) is 0 Å². The molecule has 1 radical (unpaired) electrons. The molecule has 0 aromatic rings. The summed E-state index contributed by atoms with van der Waals surface area (Å²) in [5.41, 5.74) is 0.495. The maximum Gasteiger partial charge on any atom is 0.229 e. The number of hydrogen-bond acceptors (Lipinski definition) is 2. The molecule has 2 heteroatoms. The maximum absolute atomic E-state index is 9.79. The van der Waals surface area contributed by atoms with Crippen molar-refractivity contribution < 1.29 is 4.79 Å². The van der Waals surface area contributed by atoms with Gasteiger partial charge in [-0.2, -0.15) is 0 Å². The summed E-state index contributed by atoms with van der Waals surface area (Å²) in [5.74, 6) is 0. The number of hydrogen-bond donors (Lipinski definition) is 0. The summed E-state index contributed by atoms with van der Waals surface area (Å²) in [4.78, 5) is 11.7. The Bertz CT molecular complexity index is 96.7. The van der Waals surface area contributed by atoms with E-state index >= 15 is 0 Å². The fourth-order valence-electron chi connectivity index (χ4n) is 0.414. The monoisotopic (exact) mass is 112 g/mol. The van der Waals surface area contributed by atoms with Gasteiger partial charge in [0, 0.05) is 12.1 Å². The molecule has 0 aliphatic carbocycles. The summed E-state index contributed by atoms with van der Waals surface area (Å²) in [6.07, 6.45) is 1.71. The smallest absolute Gasteiger partial charge is 0.229 e. The lowest BCUT2D eigenvalue weighted by Crippen LogP contribution is -2.14. The predicted molar refractivity (Wildman–Crippen MR) is 33.4 cm³/mol. The summed E-state index contributed by atoms with van der Waals surface area (Å²) >= 11 is 0. The van der Waals surface area contributed by atoms with Crippen LogP contribution in [-0.4, -0.2) is 31.8 Å². The molecule has 0 unspecified atom stereocenters. The molecule has 0 bridgehead atoms. The second-order valence-corrected chi connectivity index (χ2v) is 1.94. The van der Waals surface area contributed by atoms with Gasteiger partial charge in [0.25, 0.3) is 0 Å². The molecule has 0 spiro atoms. The Morgan fingerprint density at radius 1 is 1.75 bits per heavy atom. The van der Waals surface area contributed by atoms with E-state index in [1.165, 1.54) is 0 Å². The van der Waals surface area contributed by atoms with Crippen LogP contribution in [0.3, 0.4) is 0 Å². The highest BCUT2D eigenvalue weighted by Crippen LogP contribution is 1.84. The third kappa shape index (κ3) is 3.56. The van der Waals surface area contributed by atoms with Gasteiger partial charge < -0.3 is 4.90 Å². The lowest BCUT2D eigenvalue weighted by Gasteiger charge is -2.05. The highest BCUT2D eigenvalue weighted by molar-refractivity contribution is 5.73. The topological polar surface area (TPSA) is 20.3 Å². The van der Waals surface area contributed by atoms with Crippen LogP contribution in [0.25, 0.3) is 0 Å². The van der Waals surface area contributed by atoms with Gasteiger partial charge in [-0.05, 0) is 14.1 Å². The normalized spacial score (nSPS) is 9.38. The lowest BCUT2D eigenvalue weighted by atomic mass is 10.3. The van der Waals surface area contributed by atoms with Crippen LogP contribution in [0.15, 0.2) is 12.2 Å². The fourth-order valence-corrected chi connectivity index (χ4v) is 0.414. The Kier molecular flexibility index (Phi) is 3.12. The van der Waals surface area contributed by atoms with E-state index in [0.717, 1.165) is 0 Å². The van der Waals surface area contributed by atoms with Crippen molar-refractivity contribution in [2.45, 2.75) is 0 Å². The van der Waals surface area contributed by atoms with Gasteiger partial charge in [0.05, 0.1) is 0 Å². The van der Waals surface area contributed by atoms with Crippen molar-refractivity contribution in [2.75, 3.05) is 20.6 Å². The number of carbonyl (C=O) groups excluding carboxylic acids is 1. The zero-order chi connectivity index (χ0) is 6.57. The van der Waals surface area contributed by atoms with E-state index in [2.05, 4.69) is 6.58 Å². The standard InChI is InChI=1S/C6H10NO/c1-6(5-8)4-7(2)3/h1,4H2,2-3H3. The average molecular weight is 112 g/mol. The second-order valence-electron chi connectivity index (χ2n) is 1.94. The Morgan fingerprint density at radius 2 is 2.25 bits per heavy atom. The Balaban J connectivity index is 3.39. The van der Waals surface area contributed by atoms with E-state index in [-0.39, 0.29) is 0 Å². The minimum atomic E-state index is 0.495. The SMILES string of the molecule is C=C([C]=O)CN(C)C. The van der Waals surface area contributed by atoms with Crippen LogP contribution in [-0.2, 0) is 4.79 Å². The van der Waals surface area contributed by atoms with E-state index in [0.29, 0.717) is 12.1 Å². The van der Waals surface area contributed by atoms with Gasteiger partial charge in [-0.15, -0.1) is 0 Å². The molecular weight excluding hydrogens is 102 g/mol. The lowest BCUT2D eigenvalue weighted by molar-refractivity contribution is 0.448. The number of likely N-dealkylation sites (N-methyl/N-ethyl adjacent to an activating group) is 1. The van der Waals surface area contributed by atoms with Crippen molar-refractivity contribution in [1.82, 2.24) is 4.90 Å². The first-order valence-corrected chi connectivity index (χ1v) is 2.37. The average Bonchev–Trinajstić information content (AvgIpc) is 1.65. The molecule has 45 valence electrons. The van der Waals surface area contributed by atoms with Crippen molar-refractivity contribution in [2.24, 2.45) is 0 Å². The van der Waals surface area contributed by atoms with Gasteiger partial charge in [-0.3, -0.25) is 4.79 Å². The largest absolute Gasteiger partial charge is 0.305 e. The molecule has 0 saturated carbocycles. The van der Waals surface area contributed by atoms with Gasteiger partial charge in [0.2, 0.25) is 6.29 Å². The first-order chi connectivity index (χ1) is 3.66. The predicted octanol–water partition coefficient (Wildman–Crippen LogP) is 0.214. The van der Waals surface area contributed by atoms with Gasteiger partial charge >= 0.3 is 0 Å². The Morgan fingerprint density at radius 3 is 2.38 bits per heavy atom. The van der Waals surface area contributed by atoms with E-state index < -0.39 is 0 Å². The van der Waals surface area contributed by atoms with Crippen molar-refractivity contribution in [3.8, 4) is 0 Å². The summed E-state index contributed by atoms with van der Waals surface area (Å²) < 4.78 is 0. The number of rotatable bonds is 3. The van der Waals surface area contributed by atoms with Crippen molar-refractivity contribution >= 4 is 6.29 Å². The van der Waals surface area contributed by atoms with E-state index in [1.54, 1.807) is 6.29 Å². The first kappa shape index (κ1) is 7.37. The van der Waals surface area contributed by atoms with Gasteiger partial charge in [-0.1, -0.05) is 6.58 Å². The zero-order valence-corrected chi connectivity index (χ0v) is 5.27. The molecule has 0 aromatic heterocycles. The van der Waals surface area contributed by atoms with E-state index in [1.807, 2.05) is 19.0 Å². The molecule has 0 saturated heterocycles.